The monoisotopic (exact) mass is 330 g/mol. The molecule has 2 aromatic rings. The molecule has 0 radical (unpaired) electrons. The number of nitrogens with one attached hydrogen (secondary N) is 2. The lowest BCUT2D eigenvalue weighted by Gasteiger charge is -2.15. The summed E-state index contributed by atoms with van der Waals surface area (Å²) in [6.45, 7) is 11.2. The van der Waals surface area contributed by atoms with Gasteiger partial charge in [0.15, 0.2) is 5.11 Å². The number of rotatable bonds is 5. The zero-order valence-electron chi connectivity index (χ0n) is 14.6. The maximum atomic E-state index is 5.40. The molecule has 1 atom stereocenters. The highest BCUT2D eigenvalue weighted by Gasteiger charge is 2.14. The molecule has 0 spiro atoms. The van der Waals surface area contributed by atoms with Gasteiger partial charge in [-0.25, -0.2) is 0 Å². The van der Waals surface area contributed by atoms with E-state index in [0.717, 1.165) is 30.0 Å². The van der Waals surface area contributed by atoms with Crippen molar-refractivity contribution in [2.24, 2.45) is 0 Å². The Morgan fingerprint density at radius 3 is 2.61 bits per heavy atom. The normalized spacial score (nSPS) is 12.0. The molecule has 124 valence electrons. The van der Waals surface area contributed by atoms with E-state index in [1.165, 1.54) is 11.1 Å². The van der Waals surface area contributed by atoms with Gasteiger partial charge in [-0.2, -0.15) is 5.10 Å². The van der Waals surface area contributed by atoms with Gasteiger partial charge >= 0.3 is 0 Å². The summed E-state index contributed by atoms with van der Waals surface area (Å²) in [5, 5.41) is 11.9. The number of nitrogens with zero attached hydrogens (tertiary/aromatic N) is 2. The van der Waals surface area contributed by atoms with E-state index in [-0.39, 0.29) is 0 Å². The third kappa shape index (κ3) is 4.32. The quantitative estimate of drug-likeness (QED) is 0.815. The van der Waals surface area contributed by atoms with E-state index in [2.05, 4.69) is 67.7 Å². The van der Waals surface area contributed by atoms with Crippen LogP contribution in [0, 0.1) is 20.8 Å². The van der Waals surface area contributed by atoms with Crippen molar-refractivity contribution >= 4 is 23.0 Å². The number of anilines is 1. The first-order chi connectivity index (χ1) is 10.9. The Labute approximate surface area is 144 Å². The van der Waals surface area contributed by atoms with E-state index < -0.39 is 0 Å². The third-order valence-electron chi connectivity index (χ3n) is 4.19. The summed E-state index contributed by atoms with van der Waals surface area (Å²) in [5.41, 5.74) is 5.62. The van der Waals surface area contributed by atoms with E-state index in [4.69, 9.17) is 12.2 Å². The molecule has 0 aliphatic heterocycles. The van der Waals surface area contributed by atoms with Crippen molar-refractivity contribution in [2.45, 2.75) is 53.6 Å². The molecule has 0 fully saturated rings. The highest BCUT2D eigenvalue weighted by molar-refractivity contribution is 7.80. The minimum absolute atomic E-state index is 0.359. The van der Waals surface area contributed by atoms with Crippen molar-refractivity contribution in [3.8, 4) is 0 Å². The van der Waals surface area contributed by atoms with Gasteiger partial charge in [-0.1, -0.05) is 31.2 Å². The summed E-state index contributed by atoms with van der Waals surface area (Å²) in [5.74, 6) is 0. The number of hydrogen-bond acceptors (Lipinski definition) is 2. The average Bonchev–Trinajstić information content (AvgIpc) is 2.77. The van der Waals surface area contributed by atoms with Crippen LogP contribution in [0.3, 0.4) is 0 Å². The van der Waals surface area contributed by atoms with Crippen molar-refractivity contribution in [3.05, 3.63) is 46.8 Å². The molecule has 0 aliphatic carbocycles. The summed E-state index contributed by atoms with van der Waals surface area (Å²) in [4.78, 5) is 0. The number of benzene rings is 1. The van der Waals surface area contributed by atoms with Gasteiger partial charge in [-0.3, -0.25) is 4.68 Å². The zero-order chi connectivity index (χ0) is 17.0. The van der Waals surface area contributed by atoms with Crippen LogP contribution in [-0.4, -0.2) is 20.9 Å². The molecule has 0 aliphatic rings. The van der Waals surface area contributed by atoms with Gasteiger partial charge in [0, 0.05) is 6.04 Å². The highest BCUT2D eigenvalue weighted by atomic mass is 32.1. The fourth-order valence-electron chi connectivity index (χ4n) is 2.46. The topological polar surface area (TPSA) is 41.9 Å². The third-order valence-corrected chi connectivity index (χ3v) is 4.41. The predicted octanol–water partition coefficient (Wildman–Crippen LogP) is 3.94. The first kappa shape index (κ1) is 17.5. The molecule has 2 N–H and O–H groups in total. The first-order valence-electron chi connectivity index (χ1n) is 8.08. The molecule has 0 bridgehead atoms. The second-order valence-corrected chi connectivity index (χ2v) is 6.45. The molecule has 0 saturated carbocycles. The zero-order valence-corrected chi connectivity index (χ0v) is 15.4. The van der Waals surface area contributed by atoms with E-state index in [1.54, 1.807) is 0 Å². The van der Waals surface area contributed by atoms with E-state index in [9.17, 15) is 0 Å². The van der Waals surface area contributed by atoms with Crippen molar-refractivity contribution < 1.29 is 0 Å². The Kier molecular flexibility index (Phi) is 5.77. The van der Waals surface area contributed by atoms with Gasteiger partial charge < -0.3 is 10.6 Å². The van der Waals surface area contributed by atoms with Gasteiger partial charge in [-0.15, -0.1) is 0 Å². The van der Waals surface area contributed by atoms with Crippen LogP contribution < -0.4 is 10.6 Å². The minimum atomic E-state index is 0.359. The van der Waals surface area contributed by atoms with Crippen molar-refractivity contribution in [1.82, 2.24) is 15.1 Å². The van der Waals surface area contributed by atoms with Crippen LogP contribution in [0.2, 0.25) is 0 Å². The molecular weight excluding hydrogens is 304 g/mol. The molecular formula is C18H26N4S. The molecule has 1 unspecified atom stereocenters. The van der Waals surface area contributed by atoms with E-state index in [0.29, 0.717) is 11.2 Å². The summed E-state index contributed by atoms with van der Waals surface area (Å²) in [6, 6.07) is 8.77. The lowest BCUT2D eigenvalue weighted by Crippen LogP contribution is -2.35. The maximum absolute atomic E-state index is 5.40. The Morgan fingerprint density at radius 2 is 1.96 bits per heavy atom. The van der Waals surface area contributed by atoms with Gasteiger partial charge in [0.05, 0.1) is 23.6 Å². The fraction of sp³-hybridized carbons (Fsp3) is 0.444. The molecule has 4 nitrogen and oxygen atoms in total. The molecule has 2 rings (SSSR count). The Hall–Kier alpha value is -1.88. The molecule has 1 heterocycles. The van der Waals surface area contributed by atoms with Crippen LogP contribution in [-0.2, 0) is 6.54 Å². The Morgan fingerprint density at radius 1 is 1.26 bits per heavy atom. The second kappa shape index (κ2) is 7.59. The van der Waals surface area contributed by atoms with Crippen LogP contribution in [0.1, 0.15) is 42.8 Å². The van der Waals surface area contributed by atoms with Gasteiger partial charge in [0.2, 0.25) is 0 Å². The van der Waals surface area contributed by atoms with Crippen molar-refractivity contribution in [2.75, 3.05) is 5.32 Å². The van der Waals surface area contributed by atoms with Crippen LogP contribution in [0.15, 0.2) is 24.3 Å². The summed E-state index contributed by atoms with van der Waals surface area (Å²) >= 11 is 5.40. The number of thiocarbonyl (C=S) groups is 1. The largest absolute Gasteiger partial charge is 0.360 e. The molecule has 1 aromatic heterocycles. The van der Waals surface area contributed by atoms with Crippen LogP contribution in [0.25, 0.3) is 0 Å². The summed E-state index contributed by atoms with van der Waals surface area (Å²) < 4.78 is 2.03. The Balaban J connectivity index is 2.16. The standard InChI is InChI=1S/C18H26N4S/c1-6-13(3)19-18(23)20-17-14(4)21-22(15(17)5)11-16-10-8-7-9-12(16)2/h7-10,13H,6,11H2,1-5H3,(H2,19,20,23). The van der Waals surface area contributed by atoms with E-state index in [1.807, 2.05) is 11.6 Å². The molecule has 5 heteroatoms. The summed E-state index contributed by atoms with van der Waals surface area (Å²) in [7, 11) is 0. The number of aryl methyl sites for hydroxylation is 2. The van der Waals surface area contributed by atoms with Gasteiger partial charge in [-0.05, 0) is 57.5 Å². The van der Waals surface area contributed by atoms with Crippen LogP contribution in [0.4, 0.5) is 5.69 Å². The van der Waals surface area contributed by atoms with Crippen molar-refractivity contribution in [3.63, 3.8) is 0 Å². The molecule has 0 saturated heterocycles. The maximum Gasteiger partial charge on any atom is 0.171 e. The molecule has 1 aromatic carbocycles. The first-order valence-corrected chi connectivity index (χ1v) is 8.49. The smallest absolute Gasteiger partial charge is 0.171 e. The van der Waals surface area contributed by atoms with Gasteiger partial charge in [0.1, 0.15) is 0 Å². The number of hydrogen-bond donors (Lipinski definition) is 2. The fourth-order valence-corrected chi connectivity index (χ4v) is 2.76. The minimum Gasteiger partial charge on any atom is -0.360 e. The lowest BCUT2D eigenvalue weighted by atomic mass is 10.1. The number of aromatic nitrogens is 2. The Bertz CT molecular complexity index is 690. The summed E-state index contributed by atoms with van der Waals surface area (Å²) in [6.07, 6.45) is 1.03. The SMILES string of the molecule is CCC(C)NC(=S)Nc1c(C)nn(Cc2ccccc2C)c1C. The van der Waals surface area contributed by atoms with Gasteiger partial charge in [0.25, 0.3) is 0 Å². The van der Waals surface area contributed by atoms with Crippen molar-refractivity contribution in [1.29, 1.82) is 0 Å². The van der Waals surface area contributed by atoms with Crippen LogP contribution in [0.5, 0.6) is 0 Å². The molecule has 0 amide bonds. The highest BCUT2D eigenvalue weighted by Crippen LogP contribution is 2.21. The lowest BCUT2D eigenvalue weighted by molar-refractivity contribution is 0.645. The van der Waals surface area contributed by atoms with Crippen LogP contribution >= 0.6 is 12.2 Å². The van der Waals surface area contributed by atoms with E-state index >= 15 is 0 Å². The second-order valence-electron chi connectivity index (χ2n) is 6.04. The predicted molar refractivity (Wildman–Crippen MR) is 101 cm³/mol. The molecule has 23 heavy (non-hydrogen) atoms. The average molecular weight is 331 g/mol.